The molecular weight excluding hydrogens is 501 g/mol. The number of nitrogens with zero attached hydrogens (tertiary/aromatic N) is 2. The molecule has 0 saturated heterocycles. The van der Waals surface area contributed by atoms with E-state index in [1.807, 2.05) is 0 Å². The molecule has 7 nitrogen and oxygen atoms in total. The Hall–Kier alpha value is -3.48. The number of thiazole rings is 1. The second-order valence-electron chi connectivity index (χ2n) is 7.61. The number of amidine groups is 1. The largest absolute Gasteiger partial charge is 0.416 e. The van der Waals surface area contributed by atoms with Gasteiger partial charge in [0.25, 0.3) is 0 Å². The van der Waals surface area contributed by atoms with Crippen molar-refractivity contribution in [3.8, 4) is 0 Å². The fourth-order valence-corrected chi connectivity index (χ4v) is 5.81. The van der Waals surface area contributed by atoms with E-state index in [4.69, 9.17) is 10.9 Å². The van der Waals surface area contributed by atoms with Gasteiger partial charge in [0.05, 0.1) is 26.7 Å². The highest BCUT2D eigenvalue weighted by Crippen LogP contribution is 2.35. The number of hydrogen-bond acceptors (Lipinski definition) is 6. The first kappa shape index (κ1) is 24.6. The van der Waals surface area contributed by atoms with Crippen molar-refractivity contribution < 1.29 is 26.8 Å². The summed E-state index contributed by atoms with van der Waals surface area (Å²) in [6, 6.07) is 16.7. The van der Waals surface area contributed by atoms with Crippen molar-refractivity contribution in [3.05, 3.63) is 94.5 Å². The number of rotatable bonds is 7. The van der Waals surface area contributed by atoms with Crippen LogP contribution in [0.5, 0.6) is 0 Å². The summed E-state index contributed by atoms with van der Waals surface area (Å²) >= 11 is 0.979. The maximum Gasteiger partial charge on any atom is 0.416 e. The highest BCUT2D eigenvalue weighted by atomic mass is 32.2. The molecule has 1 heterocycles. The van der Waals surface area contributed by atoms with E-state index in [9.17, 15) is 21.6 Å². The van der Waals surface area contributed by atoms with Gasteiger partial charge in [-0.2, -0.15) is 13.2 Å². The van der Waals surface area contributed by atoms with Crippen LogP contribution in [-0.4, -0.2) is 24.4 Å². The second kappa shape index (κ2) is 9.64. The minimum Gasteiger partial charge on any atom is -0.409 e. The van der Waals surface area contributed by atoms with Crippen molar-refractivity contribution >= 4 is 37.4 Å². The lowest BCUT2D eigenvalue weighted by Gasteiger charge is -2.17. The van der Waals surface area contributed by atoms with Crippen LogP contribution in [0.15, 0.2) is 82.8 Å². The first-order chi connectivity index (χ1) is 16.6. The van der Waals surface area contributed by atoms with Crippen molar-refractivity contribution in [1.29, 1.82) is 0 Å². The zero-order valence-corrected chi connectivity index (χ0v) is 19.5. The maximum absolute atomic E-state index is 13.2. The van der Waals surface area contributed by atoms with E-state index in [-0.39, 0.29) is 21.9 Å². The van der Waals surface area contributed by atoms with E-state index >= 15 is 0 Å². The zero-order chi connectivity index (χ0) is 25.2. The average Bonchev–Trinajstić information content (AvgIpc) is 3.27. The Balaban J connectivity index is 1.76. The summed E-state index contributed by atoms with van der Waals surface area (Å²) in [5, 5.41) is 12.2. The molecule has 4 N–H and O–H groups in total. The Morgan fingerprint density at radius 3 is 2.51 bits per heavy atom. The molecule has 12 heteroatoms. The molecule has 35 heavy (non-hydrogen) atoms. The Morgan fingerprint density at radius 2 is 1.83 bits per heavy atom. The number of hydrogen-bond donors (Lipinski definition) is 3. The molecule has 4 aromatic rings. The van der Waals surface area contributed by atoms with Gasteiger partial charge in [-0.25, -0.2) is 18.1 Å². The van der Waals surface area contributed by atoms with E-state index in [0.29, 0.717) is 21.7 Å². The summed E-state index contributed by atoms with van der Waals surface area (Å²) < 4.78 is 68.6. The van der Waals surface area contributed by atoms with E-state index < -0.39 is 27.8 Å². The van der Waals surface area contributed by atoms with E-state index in [1.165, 1.54) is 18.2 Å². The molecule has 0 bridgehead atoms. The van der Waals surface area contributed by atoms with Gasteiger partial charge in [-0.1, -0.05) is 41.6 Å². The Morgan fingerprint density at radius 1 is 1.09 bits per heavy atom. The Labute approximate surface area is 202 Å². The van der Waals surface area contributed by atoms with Gasteiger partial charge in [0.15, 0.2) is 5.84 Å². The molecule has 4 rings (SSSR count). The normalized spacial score (nSPS) is 13.7. The first-order valence-corrected chi connectivity index (χ1v) is 12.5. The van der Waals surface area contributed by atoms with Gasteiger partial charge in [-0.15, -0.1) is 11.3 Å². The predicted molar refractivity (Wildman–Crippen MR) is 127 cm³/mol. The molecular formula is C23H19F3N4O3S2. The molecule has 0 aliphatic heterocycles. The summed E-state index contributed by atoms with van der Waals surface area (Å²) in [4.78, 5) is 4.46. The smallest absolute Gasteiger partial charge is 0.409 e. The van der Waals surface area contributed by atoms with Crippen LogP contribution in [-0.2, 0) is 22.6 Å². The number of halogens is 3. The van der Waals surface area contributed by atoms with Gasteiger partial charge in [-0.05, 0) is 48.4 Å². The SMILES string of the molecule is NC(=NO)c1cccc(C[C@H](NS(=O)(=O)c2ccccc2)c2nc3ccc(C(F)(F)F)cc3s2)c1. The minimum absolute atomic E-state index is 0.0378. The van der Waals surface area contributed by atoms with Crippen LogP contribution in [0.2, 0.25) is 0 Å². The first-order valence-electron chi connectivity index (χ1n) is 10.2. The van der Waals surface area contributed by atoms with Crippen LogP contribution >= 0.6 is 11.3 Å². The van der Waals surface area contributed by atoms with Crippen molar-refractivity contribution in [3.63, 3.8) is 0 Å². The summed E-state index contributed by atoms with van der Waals surface area (Å²) in [6.07, 6.45) is -4.40. The van der Waals surface area contributed by atoms with Crippen LogP contribution < -0.4 is 10.5 Å². The quantitative estimate of drug-likeness (QED) is 0.142. The Kier molecular flexibility index (Phi) is 6.79. The van der Waals surface area contributed by atoms with Crippen LogP contribution in [0.25, 0.3) is 10.2 Å². The van der Waals surface area contributed by atoms with Crippen LogP contribution in [0.4, 0.5) is 13.2 Å². The molecule has 0 aliphatic carbocycles. The van der Waals surface area contributed by atoms with Gasteiger partial charge < -0.3 is 10.9 Å². The highest BCUT2D eigenvalue weighted by molar-refractivity contribution is 7.89. The predicted octanol–water partition coefficient (Wildman–Crippen LogP) is 4.67. The van der Waals surface area contributed by atoms with E-state index in [2.05, 4.69) is 14.9 Å². The molecule has 0 amide bonds. The molecule has 182 valence electrons. The van der Waals surface area contributed by atoms with Crippen molar-refractivity contribution in [2.75, 3.05) is 0 Å². The molecule has 0 saturated carbocycles. The van der Waals surface area contributed by atoms with Crippen molar-refractivity contribution in [2.24, 2.45) is 10.9 Å². The van der Waals surface area contributed by atoms with Gasteiger partial charge in [0.2, 0.25) is 10.0 Å². The zero-order valence-electron chi connectivity index (χ0n) is 17.9. The maximum atomic E-state index is 13.2. The number of nitrogens with two attached hydrogens (primary N) is 1. The molecule has 1 atom stereocenters. The van der Waals surface area contributed by atoms with Gasteiger partial charge >= 0.3 is 6.18 Å². The molecule has 0 fully saturated rings. The number of alkyl halides is 3. The molecule has 0 spiro atoms. The van der Waals surface area contributed by atoms with E-state index in [1.54, 1.807) is 42.5 Å². The van der Waals surface area contributed by atoms with Crippen LogP contribution in [0.3, 0.4) is 0 Å². The third-order valence-electron chi connectivity index (χ3n) is 5.15. The number of sulfonamides is 1. The fourth-order valence-electron chi connectivity index (χ4n) is 3.45. The van der Waals surface area contributed by atoms with Crippen molar-refractivity contribution in [2.45, 2.75) is 23.5 Å². The topological polar surface area (TPSA) is 118 Å². The lowest BCUT2D eigenvalue weighted by Crippen LogP contribution is -2.30. The number of benzene rings is 3. The van der Waals surface area contributed by atoms with E-state index in [0.717, 1.165) is 23.5 Å². The van der Waals surface area contributed by atoms with Crippen LogP contribution in [0.1, 0.15) is 27.7 Å². The molecule has 0 aliphatic rings. The van der Waals surface area contributed by atoms with Gasteiger partial charge in [0.1, 0.15) is 5.01 Å². The number of fused-ring (bicyclic) bond motifs is 1. The monoisotopic (exact) mass is 520 g/mol. The molecule has 0 unspecified atom stereocenters. The lowest BCUT2D eigenvalue weighted by molar-refractivity contribution is -0.137. The summed E-state index contributed by atoms with van der Waals surface area (Å²) in [6.45, 7) is 0. The Bertz CT molecular complexity index is 1490. The van der Waals surface area contributed by atoms with Gasteiger partial charge in [0, 0.05) is 5.56 Å². The number of aromatic nitrogens is 1. The summed E-state index contributed by atoms with van der Waals surface area (Å²) in [5.74, 6) is -0.118. The molecule has 1 aromatic heterocycles. The number of nitrogens with one attached hydrogen (secondary N) is 1. The standard InChI is InChI=1S/C23H19F3N4O3S2/c24-23(25,26)16-9-10-18-20(13-16)34-22(28-18)19(30-35(32,33)17-7-2-1-3-8-17)12-14-5-4-6-15(11-14)21(27)29-31/h1-11,13,19,30-31H,12H2,(H2,27,29)/t19-/m0/s1. The third kappa shape index (κ3) is 5.61. The molecule has 3 aromatic carbocycles. The summed E-state index contributed by atoms with van der Waals surface area (Å²) in [7, 11) is -3.98. The third-order valence-corrected chi connectivity index (χ3v) is 7.77. The fraction of sp³-hybridized carbons (Fsp3) is 0.130. The van der Waals surface area contributed by atoms with Gasteiger partial charge in [-0.3, -0.25) is 0 Å². The van der Waals surface area contributed by atoms with Crippen molar-refractivity contribution in [1.82, 2.24) is 9.71 Å². The number of oxime groups is 1. The lowest BCUT2D eigenvalue weighted by atomic mass is 10.0. The molecule has 0 radical (unpaired) electrons. The van der Waals surface area contributed by atoms with Crippen LogP contribution in [0, 0.1) is 0 Å². The highest BCUT2D eigenvalue weighted by Gasteiger charge is 2.31. The average molecular weight is 521 g/mol. The minimum atomic E-state index is -4.51. The second-order valence-corrected chi connectivity index (χ2v) is 10.4. The summed E-state index contributed by atoms with van der Waals surface area (Å²) in [5.41, 5.74) is 6.25.